The topological polar surface area (TPSA) is 0 Å². The van der Waals surface area contributed by atoms with E-state index in [9.17, 15) is 0 Å². The molecule has 1 spiro atoms. The van der Waals surface area contributed by atoms with E-state index in [1.165, 1.54) is 29.2 Å². The van der Waals surface area contributed by atoms with Crippen molar-refractivity contribution in [3.63, 3.8) is 0 Å². The van der Waals surface area contributed by atoms with Crippen LogP contribution in [0.25, 0.3) is 16.8 Å². The minimum atomic E-state index is 0.206. The summed E-state index contributed by atoms with van der Waals surface area (Å²) < 4.78 is 0. The van der Waals surface area contributed by atoms with Crippen molar-refractivity contribution in [3.05, 3.63) is 65.3 Å². The molecule has 2 bridgehead atoms. The van der Waals surface area contributed by atoms with E-state index in [2.05, 4.69) is 54.6 Å². The first-order valence-corrected chi connectivity index (χ1v) is 6.82. The zero-order valence-corrected chi connectivity index (χ0v) is 10.2. The zero-order chi connectivity index (χ0) is 11.7. The van der Waals surface area contributed by atoms with Crippen molar-refractivity contribution < 1.29 is 0 Å². The van der Waals surface area contributed by atoms with Crippen molar-refractivity contribution in [2.24, 2.45) is 0 Å². The summed E-state index contributed by atoms with van der Waals surface area (Å²) in [5.74, 6) is 0.658. The first-order valence-electron chi connectivity index (χ1n) is 6.82. The number of benzene rings is 2. The van der Waals surface area contributed by atoms with E-state index in [1.54, 1.807) is 11.1 Å². The van der Waals surface area contributed by atoms with Gasteiger partial charge in [0.05, 0.1) is 0 Å². The molecule has 0 nitrogen and oxygen atoms in total. The Morgan fingerprint density at radius 1 is 1.06 bits per heavy atom. The van der Waals surface area contributed by atoms with Gasteiger partial charge in [0.1, 0.15) is 0 Å². The summed E-state index contributed by atoms with van der Waals surface area (Å²) in [6.45, 7) is 0. The lowest BCUT2D eigenvalue weighted by Crippen LogP contribution is -2.33. The Hall–Kier alpha value is -1.82. The fourth-order valence-electron chi connectivity index (χ4n) is 4.16. The van der Waals surface area contributed by atoms with Gasteiger partial charge in [0.15, 0.2) is 0 Å². The molecule has 2 atom stereocenters. The number of fused-ring (bicyclic) bond motifs is 1. The SMILES string of the molecule is C1=CC23C=CC(CC2)c2ccc4cccc1c4c23. The molecule has 0 heteroatoms. The van der Waals surface area contributed by atoms with Crippen LogP contribution in [0.1, 0.15) is 35.4 Å². The van der Waals surface area contributed by atoms with Crippen molar-refractivity contribution in [2.45, 2.75) is 24.2 Å². The number of hydrogen-bond donors (Lipinski definition) is 0. The lowest BCUT2D eigenvalue weighted by Gasteiger charge is -2.44. The van der Waals surface area contributed by atoms with Gasteiger partial charge in [-0.3, -0.25) is 0 Å². The van der Waals surface area contributed by atoms with Crippen molar-refractivity contribution >= 4 is 16.8 Å². The van der Waals surface area contributed by atoms with Gasteiger partial charge >= 0.3 is 0 Å². The largest absolute Gasteiger partial charge is 0.0798 e. The molecule has 0 aromatic heterocycles. The zero-order valence-electron chi connectivity index (χ0n) is 10.2. The van der Waals surface area contributed by atoms with Gasteiger partial charge < -0.3 is 0 Å². The molecule has 2 unspecified atom stereocenters. The Kier molecular flexibility index (Phi) is 1.41. The molecule has 6 rings (SSSR count). The first kappa shape index (κ1) is 9.16. The molecule has 0 amide bonds. The molecular weight excluding hydrogens is 216 g/mol. The summed E-state index contributed by atoms with van der Waals surface area (Å²) in [5, 5.41) is 2.91. The Morgan fingerprint density at radius 2 is 2.06 bits per heavy atom. The normalized spacial score (nSPS) is 30.1. The highest BCUT2D eigenvalue weighted by molar-refractivity contribution is 5.98. The molecule has 2 aromatic carbocycles. The minimum Gasteiger partial charge on any atom is -0.0798 e. The van der Waals surface area contributed by atoms with Crippen molar-refractivity contribution in [1.29, 1.82) is 0 Å². The fourth-order valence-corrected chi connectivity index (χ4v) is 4.16. The van der Waals surface area contributed by atoms with Crippen LogP contribution in [0, 0.1) is 0 Å². The third kappa shape index (κ3) is 0.871. The van der Waals surface area contributed by atoms with Crippen LogP contribution in [0.2, 0.25) is 0 Å². The van der Waals surface area contributed by atoms with Crippen LogP contribution in [0.5, 0.6) is 0 Å². The second-order valence-electron chi connectivity index (χ2n) is 5.85. The predicted molar refractivity (Wildman–Crippen MR) is 75.8 cm³/mol. The van der Waals surface area contributed by atoms with Crippen LogP contribution in [0.4, 0.5) is 0 Å². The van der Waals surface area contributed by atoms with Gasteiger partial charge in [0, 0.05) is 11.3 Å². The van der Waals surface area contributed by atoms with Gasteiger partial charge in [-0.25, -0.2) is 0 Å². The minimum absolute atomic E-state index is 0.206. The van der Waals surface area contributed by atoms with Crippen LogP contribution in [0.15, 0.2) is 48.6 Å². The molecule has 0 fully saturated rings. The molecule has 0 N–H and O–H groups in total. The third-order valence-electron chi connectivity index (χ3n) is 5.03. The molecular formula is C18H14. The summed E-state index contributed by atoms with van der Waals surface area (Å²) >= 11 is 0. The van der Waals surface area contributed by atoms with E-state index < -0.39 is 0 Å². The lowest BCUT2D eigenvalue weighted by molar-refractivity contribution is 0.474. The molecule has 0 aliphatic heterocycles. The Bertz CT molecular complexity index is 748. The van der Waals surface area contributed by atoms with Crippen molar-refractivity contribution in [3.8, 4) is 0 Å². The van der Waals surface area contributed by atoms with Crippen LogP contribution in [-0.4, -0.2) is 0 Å². The highest BCUT2D eigenvalue weighted by atomic mass is 14.4. The summed E-state index contributed by atoms with van der Waals surface area (Å²) in [5.41, 5.74) is 4.79. The van der Waals surface area contributed by atoms with Crippen LogP contribution in [0.3, 0.4) is 0 Å². The average molecular weight is 230 g/mol. The number of rotatable bonds is 0. The van der Waals surface area contributed by atoms with Crippen LogP contribution in [-0.2, 0) is 5.41 Å². The highest BCUT2D eigenvalue weighted by Crippen LogP contribution is 2.54. The van der Waals surface area contributed by atoms with Crippen LogP contribution >= 0.6 is 0 Å². The number of allylic oxidation sites excluding steroid dienone is 3. The molecule has 0 radical (unpaired) electrons. The van der Waals surface area contributed by atoms with E-state index in [1.807, 2.05) is 0 Å². The Balaban J connectivity index is 2.07. The summed E-state index contributed by atoms with van der Waals surface area (Å²) in [7, 11) is 0. The second kappa shape index (κ2) is 2.77. The van der Waals surface area contributed by atoms with E-state index in [4.69, 9.17) is 0 Å². The molecule has 2 aromatic rings. The standard InChI is InChI=1S/C18H14/c1-2-13-4-5-15-12-6-9-18(10-7-12)11-8-14(3-1)16(13)17(15)18/h1-6,8-9,11-12H,7,10H2. The molecule has 4 aliphatic carbocycles. The average Bonchev–Trinajstić information content (AvgIpc) is 2.46. The van der Waals surface area contributed by atoms with E-state index >= 15 is 0 Å². The highest BCUT2D eigenvalue weighted by Gasteiger charge is 2.41. The molecule has 0 saturated heterocycles. The monoisotopic (exact) mass is 230 g/mol. The third-order valence-corrected chi connectivity index (χ3v) is 5.03. The summed E-state index contributed by atoms with van der Waals surface area (Å²) in [6, 6.07) is 11.3. The fraction of sp³-hybridized carbons (Fsp3) is 0.222. The number of hydrogen-bond acceptors (Lipinski definition) is 0. The summed E-state index contributed by atoms with van der Waals surface area (Å²) in [6.07, 6.45) is 12.2. The lowest BCUT2D eigenvalue weighted by atomic mass is 9.59. The second-order valence-corrected chi connectivity index (χ2v) is 5.85. The van der Waals surface area contributed by atoms with E-state index in [0.29, 0.717) is 5.92 Å². The molecule has 86 valence electrons. The molecule has 18 heavy (non-hydrogen) atoms. The maximum atomic E-state index is 2.45. The Morgan fingerprint density at radius 3 is 2.94 bits per heavy atom. The maximum Gasteiger partial charge on any atom is 0.0325 e. The molecule has 4 aliphatic rings. The summed E-state index contributed by atoms with van der Waals surface area (Å²) in [4.78, 5) is 0. The van der Waals surface area contributed by atoms with Gasteiger partial charge in [-0.05, 0) is 40.3 Å². The van der Waals surface area contributed by atoms with Crippen LogP contribution < -0.4 is 0 Å². The van der Waals surface area contributed by atoms with Gasteiger partial charge in [0.2, 0.25) is 0 Å². The van der Waals surface area contributed by atoms with Gasteiger partial charge in [-0.1, -0.05) is 54.6 Å². The Labute approximate surface area is 107 Å². The van der Waals surface area contributed by atoms with Crippen molar-refractivity contribution in [1.82, 2.24) is 0 Å². The first-order chi connectivity index (χ1) is 8.87. The van der Waals surface area contributed by atoms with E-state index in [-0.39, 0.29) is 5.41 Å². The van der Waals surface area contributed by atoms with Gasteiger partial charge in [-0.2, -0.15) is 0 Å². The van der Waals surface area contributed by atoms with Gasteiger partial charge in [-0.15, -0.1) is 0 Å². The van der Waals surface area contributed by atoms with Crippen molar-refractivity contribution in [2.75, 3.05) is 0 Å². The smallest absolute Gasteiger partial charge is 0.0325 e. The van der Waals surface area contributed by atoms with Gasteiger partial charge in [0.25, 0.3) is 0 Å². The molecule has 0 saturated carbocycles. The molecule has 0 heterocycles. The maximum absolute atomic E-state index is 2.45. The van der Waals surface area contributed by atoms with E-state index in [0.717, 1.165) is 0 Å². The predicted octanol–water partition coefficient (Wildman–Crippen LogP) is 4.55. The quantitative estimate of drug-likeness (QED) is 0.582.